The molecule has 0 amide bonds. The molecule has 0 aliphatic carbocycles. The summed E-state index contributed by atoms with van der Waals surface area (Å²) in [6.07, 6.45) is 1.92. The van der Waals surface area contributed by atoms with Crippen molar-refractivity contribution >= 4 is 28.3 Å². The van der Waals surface area contributed by atoms with Crippen molar-refractivity contribution in [2.75, 3.05) is 0 Å². The highest BCUT2D eigenvalue weighted by atomic mass is 35.5. The van der Waals surface area contributed by atoms with E-state index in [-0.39, 0.29) is 11.5 Å². The molecule has 0 saturated heterocycles. The number of rotatable bonds is 4. The Balaban J connectivity index is 1.97. The number of hydrogen-bond donors (Lipinski definition) is 1. The number of Topliss-reactive ketones (excluding diaryl/α,β-unsaturated/α-hetero) is 1. The van der Waals surface area contributed by atoms with Crippen LogP contribution in [0, 0.1) is 6.92 Å². The van der Waals surface area contributed by atoms with Gasteiger partial charge < -0.3 is 9.84 Å². The van der Waals surface area contributed by atoms with Crippen LogP contribution >= 0.6 is 11.6 Å². The first-order chi connectivity index (χ1) is 11.4. The minimum atomic E-state index is 0.0565. The van der Waals surface area contributed by atoms with Gasteiger partial charge in [-0.1, -0.05) is 17.7 Å². The number of fused-ring (bicyclic) bond motifs is 1. The van der Waals surface area contributed by atoms with Crippen molar-refractivity contribution in [2.24, 2.45) is 0 Å². The Morgan fingerprint density at radius 1 is 1.25 bits per heavy atom. The smallest absolute Gasteiger partial charge is 0.138 e. The first-order valence-electron chi connectivity index (χ1n) is 7.48. The number of aryl methyl sites for hydroxylation is 1. The second-order valence-corrected chi connectivity index (χ2v) is 6.11. The van der Waals surface area contributed by atoms with Gasteiger partial charge in [0.1, 0.15) is 23.0 Å². The molecule has 24 heavy (non-hydrogen) atoms. The Morgan fingerprint density at radius 3 is 2.75 bits per heavy atom. The van der Waals surface area contributed by atoms with Crippen LogP contribution in [0.4, 0.5) is 0 Å². The Kier molecular flexibility index (Phi) is 4.40. The quantitative estimate of drug-likeness (QED) is 0.738. The van der Waals surface area contributed by atoms with E-state index in [1.54, 1.807) is 36.5 Å². The molecule has 5 heteroatoms. The molecule has 1 heterocycles. The van der Waals surface area contributed by atoms with E-state index in [1.165, 1.54) is 6.92 Å². The van der Waals surface area contributed by atoms with Crippen LogP contribution in [0.5, 0.6) is 17.2 Å². The van der Waals surface area contributed by atoms with E-state index in [9.17, 15) is 9.90 Å². The number of ketones is 1. The number of aromatic nitrogens is 1. The van der Waals surface area contributed by atoms with Gasteiger partial charge in [-0.15, -0.1) is 0 Å². The first-order valence-corrected chi connectivity index (χ1v) is 7.86. The number of ether oxygens (including phenoxy) is 1. The lowest BCUT2D eigenvalue weighted by atomic mass is 10.1. The average molecular weight is 342 g/mol. The fourth-order valence-corrected chi connectivity index (χ4v) is 2.72. The number of halogens is 1. The standard InChI is InChI=1S/C19H16ClNO3/c1-11-7-15-17(10-18(11)23)21-6-5-19(15)24-14-4-3-13(8-12(2)22)16(20)9-14/h3-7,9-10,23H,8H2,1-2H3. The van der Waals surface area contributed by atoms with Crippen LogP contribution < -0.4 is 4.74 Å². The summed E-state index contributed by atoms with van der Waals surface area (Å²) in [6.45, 7) is 3.35. The van der Waals surface area contributed by atoms with Gasteiger partial charge in [0.25, 0.3) is 0 Å². The van der Waals surface area contributed by atoms with Crippen LogP contribution in [0.2, 0.25) is 5.02 Å². The maximum absolute atomic E-state index is 11.2. The molecule has 0 aliphatic heterocycles. The van der Waals surface area contributed by atoms with Crippen LogP contribution in [0.3, 0.4) is 0 Å². The molecule has 4 nitrogen and oxygen atoms in total. The van der Waals surface area contributed by atoms with Gasteiger partial charge in [0.05, 0.1) is 5.52 Å². The van der Waals surface area contributed by atoms with Gasteiger partial charge in [-0.05, 0) is 49.2 Å². The summed E-state index contributed by atoms with van der Waals surface area (Å²) in [7, 11) is 0. The highest BCUT2D eigenvalue weighted by Gasteiger charge is 2.10. The molecule has 2 aromatic carbocycles. The molecule has 0 saturated carbocycles. The Hall–Kier alpha value is -2.59. The number of aromatic hydroxyl groups is 1. The third-order valence-electron chi connectivity index (χ3n) is 3.71. The van der Waals surface area contributed by atoms with E-state index >= 15 is 0 Å². The molecule has 1 aromatic heterocycles. The molecular weight excluding hydrogens is 326 g/mol. The Bertz CT molecular complexity index is 937. The van der Waals surface area contributed by atoms with Gasteiger partial charge in [-0.3, -0.25) is 9.78 Å². The third kappa shape index (κ3) is 3.34. The molecule has 0 fully saturated rings. The molecule has 122 valence electrons. The van der Waals surface area contributed by atoms with E-state index < -0.39 is 0 Å². The topological polar surface area (TPSA) is 59.4 Å². The Labute approximate surface area is 144 Å². The number of hydrogen-bond acceptors (Lipinski definition) is 4. The second-order valence-electron chi connectivity index (χ2n) is 5.70. The van der Waals surface area contributed by atoms with Crippen LogP contribution in [0.1, 0.15) is 18.1 Å². The van der Waals surface area contributed by atoms with E-state index in [0.717, 1.165) is 16.5 Å². The second kappa shape index (κ2) is 6.49. The lowest BCUT2D eigenvalue weighted by Gasteiger charge is -2.11. The van der Waals surface area contributed by atoms with Gasteiger partial charge in [-0.2, -0.15) is 0 Å². The lowest BCUT2D eigenvalue weighted by Crippen LogP contribution is -1.97. The van der Waals surface area contributed by atoms with E-state index in [2.05, 4.69) is 4.98 Å². The number of nitrogens with zero attached hydrogens (tertiary/aromatic N) is 1. The zero-order valence-electron chi connectivity index (χ0n) is 13.3. The van der Waals surface area contributed by atoms with Gasteiger partial charge in [0, 0.05) is 29.1 Å². The molecule has 3 rings (SSSR count). The molecule has 3 aromatic rings. The number of pyridine rings is 1. The van der Waals surface area contributed by atoms with Crippen molar-refractivity contribution in [1.29, 1.82) is 0 Å². The molecule has 0 atom stereocenters. The molecule has 0 aliphatic rings. The van der Waals surface area contributed by atoms with Crippen LogP contribution in [0.25, 0.3) is 10.9 Å². The van der Waals surface area contributed by atoms with Crippen molar-refractivity contribution in [3.05, 3.63) is 58.7 Å². The van der Waals surface area contributed by atoms with E-state index in [0.29, 0.717) is 28.5 Å². The van der Waals surface area contributed by atoms with Crippen LogP contribution in [-0.2, 0) is 11.2 Å². The summed E-state index contributed by atoms with van der Waals surface area (Å²) in [5, 5.41) is 11.1. The summed E-state index contributed by atoms with van der Waals surface area (Å²) < 4.78 is 5.94. The van der Waals surface area contributed by atoms with Crippen molar-refractivity contribution in [3.63, 3.8) is 0 Å². The fraction of sp³-hybridized carbons (Fsp3) is 0.158. The molecule has 0 bridgehead atoms. The fourth-order valence-electron chi connectivity index (χ4n) is 2.48. The lowest BCUT2D eigenvalue weighted by molar-refractivity contribution is -0.116. The zero-order chi connectivity index (χ0) is 17.3. The van der Waals surface area contributed by atoms with Gasteiger partial charge in [0.2, 0.25) is 0 Å². The summed E-state index contributed by atoms with van der Waals surface area (Å²) in [6, 6.07) is 10.5. The third-order valence-corrected chi connectivity index (χ3v) is 4.06. The summed E-state index contributed by atoms with van der Waals surface area (Å²) >= 11 is 6.23. The van der Waals surface area contributed by atoms with Crippen molar-refractivity contribution in [2.45, 2.75) is 20.3 Å². The maximum atomic E-state index is 11.2. The SMILES string of the molecule is CC(=O)Cc1ccc(Oc2ccnc3cc(O)c(C)cc23)cc1Cl. The highest BCUT2D eigenvalue weighted by Crippen LogP contribution is 2.33. The van der Waals surface area contributed by atoms with E-state index in [1.807, 2.05) is 13.0 Å². The highest BCUT2D eigenvalue weighted by molar-refractivity contribution is 6.31. The van der Waals surface area contributed by atoms with Gasteiger partial charge in [-0.25, -0.2) is 0 Å². The number of benzene rings is 2. The molecular formula is C19H16ClNO3. The average Bonchev–Trinajstić information content (AvgIpc) is 2.51. The summed E-state index contributed by atoms with van der Waals surface area (Å²) in [4.78, 5) is 15.5. The zero-order valence-corrected chi connectivity index (χ0v) is 14.1. The number of phenols is 1. The molecule has 1 N–H and O–H groups in total. The van der Waals surface area contributed by atoms with Crippen molar-refractivity contribution < 1.29 is 14.6 Å². The monoisotopic (exact) mass is 341 g/mol. The molecule has 0 spiro atoms. The van der Waals surface area contributed by atoms with Crippen molar-refractivity contribution in [3.8, 4) is 17.2 Å². The molecule has 0 unspecified atom stereocenters. The Morgan fingerprint density at radius 2 is 2.04 bits per heavy atom. The van der Waals surface area contributed by atoms with Gasteiger partial charge >= 0.3 is 0 Å². The van der Waals surface area contributed by atoms with Crippen LogP contribution in [0.15, 0.2) is 42.6 Å². The number of carbonyl (C=O) groups is 1. The predicted octanol–water partition coefficient (Wildman–Crippen LogP) is 4.83. The summed E-state index contributed by atoms with van der Waals surface area (Å²) in [5.41, 5.74) is 2.17. The van der Waals surface area contributed by atoms with Gasteiger partial charge in [0.15, 0.2) is 0 Å². The minimum Gasteiger partial charge on any atom is -0.508 e. The number of phenolic OH excluding ortho intramolecular Hbond substituents is 1. The molecule has 0 radical (unpaired) electrons. The first kappa shape index (κ1) is 16.3. The van der Waals surface area contributed by atoms with Crippen molar-refractivity contribution in [1.82, 2.24) is 4.98 Å². The normalized spacial score (nSPS) is 10.8. The minimum absolute atomic E-state index is 0.0565. The summed E-state index contributed by atoms with van der Waals surface area (Å²) in [5.74, 6) is 1.45. The maximum Gasteiger partial charge on any atom is 0.138 e. The van der Waals surface area contributed by atoms with Crippen LogP contribution in [-0.4, -0.2) is 15.9 Å². The van der Waals surface area contributed by atoms with E-state index in [4.69, 9.17) is 16.3 Å². The largest absolute Gasteiger partial charge is 0.508 e. The predicted molar refractivity (Wildman–Crippen MR) is 94.1 cm³/mol. The number of carbonyl (C=O) groups excluding carboxylic acids is 1.